The number of carbonyl (C=O) groups is 3. The molecule has 54 heavy (non-hydrogen) atoms. The number of ether oxygens (including phenoxy) is 1. The van der Waals surface area contributed by atoms with Gasteiger partial charge in [0.1, 0.15) is 0 Å². The number of benzene rings is 2. The first kappa shape index (κ1) is 40.5. The number of amides is 3. The number of carbonyl (C=O) groups excluding carboxylic acids is 3. The lowest BCUT2D eigenvalue weighted by atomic mass is 9.99. The minimum Gasteiger partial charge on any atom is -0.395 e. The van der Waals surface area contributed by atoms with Crippen LogP contribution in [0.2, 0.25) is 5.02 Å². The summed E-state index contributed by atoms with van der Waals surface area (Å²) in [6.07, 6.45) is 4.19. The first-order valence-corrected chi connectivity index (χ1v) is 18.3. The maximum absolute atomic E-state index is 15.5. The van der Waals surface area contributed by atoms with Gasteiger partial charge in [-0.2, -0.15) is 5.10 Å². The normalized spacial score (nSPS) is 13.8. The van der Waals surface area contributed by atoms with Crippen LogP contribution in [0.1, 0.15) is 46.4 Å². The highest BCUT2D eigenvalue weighted by Gasteiger charge is 2.30. The Morgan fingerprint density at radius 2 is 1.70 bits per heavy atom. The molecular formula is C38H47ClF2N8O5. The number of rotatable bonds is 15. The highest BCUT2D eigenvalue weighted by Crippen LogP contribution is 2.33. The summed E-state index contributed by atoms with van der Waals surface area (Å²) in [6, 6.07) is 7.45. The first-order chi connectivity index (χ1) is 25.9. The van der Waals surface area contributed by atoms with Crippen LogP contribution in [0.15, 0.2) is 42.7 Å². The lowest BCUT2D eigenvalue weighted by Crippen LogP contribution is -2.52. The van der Waals surface area contributed by atoms with Crippen molar-refractivity contribution in [2.24, 2.45) is 13.0 Å². The number of anilines is 1. The second-order valence-corrected chi connectivity index (χ2v) is 13.8. The molecule has 3 heterocycles. The first-order valence-electron chi connectivity index (χ1n) is 17.9. The standard InChI is InChI=1S/C38H47ClF2N8O5/c1-6-25(11-12-45(3)17-19-50)37(52)47-13-15-48(16-14-47)38(53)28-8-7-26(21-31(28)39)44-36(51)35-42-23-32(46(35)4)29-10-9-27(33(40)34(29)41)30-22-43-49(24(30)2)18-20-54-5/h7-10,21-23,25,50H,6,11-20H2,1-5H3,(H,44,51). The van der Waals surface area contributed by atoms with E-state index in [1.165, 1.54) is 48.3 Å². The highest BCUT2D eigenvalue weighted by molar-refractivity contribution is 6.34. The fourth-order valence-corrected chi connectivity index (χ4v) is 6.87. The van der Waals surface area contributed by atoms with E-state index in [-0.39, 0.29) is 57.6 Å². The zero-order chi connectivity index (χ0) is 39.1. The van der Waals surface area contributed by atoms with Crippen LogP contribution in [0, 0.1) is 24.5 Å². The number of aliphatic hydroxyl groups is 1. The smallest absolute Gasteiger partial charge is 0.291 e. The van der Waals surface area contributed by atoms with Crippen LogP contribution < -0.4 is 5.32 Å². The van der Waals surface area contributed by atoms with Gasteiger partial charge >= 0.3 is 0 Å². The maximum atomic E-state index is 15.5. The van der Waals surface area contributed by atoms with Gasteiger partial charge in [0.15, 0.2) is 17.5 Å². The fraction of sp³-hybridized carbons (Fsp3) is 0.447. The highest BCUT2D eigenvalue weighted by atomic mass is 35.5. The average molecular weight is 769 g/mol. The molecule has 1 aliphatic heterocycles. The lowest BCUT2D eigenvalue weighted by molar-refractivity contribution is -0.137. The molecule has 2 N–H and O–H groups in total. The van der Waals surface area contributed by atoms with Crippen molar-refractivity contribution in [3.8, 4) is 22.4 Å². The van der Waals surface area contributed by atoms with Crippen LogP contribution in [-0.4, -0.2) is 123 Å². The van der Waals surface area contributed by atoms with Crippen molar-refractivity contribution in [2.75, 3.05) is 72.0 Å². The third-order valence-corrected chi connectivity index (χ3v) is 10.3. The van der Waals surface area contributed by atoms with Crippen molar-refractivity contribution in [1.29, 1.82) is 0 Å². The molecule has 4 aromatic rings. The van der Waals surface area contributed by atoms with Crippen LogP contribution in [0.4, 0.5) is 14.5 Å². The quantitative estimate of drug-likeness (QED) is 0.178. The molecule has 1 aliphatic rings. The van der Waals surface area contributed by atoms with Crippen LogP contribution in [0.3, 0.4) is 0 Å². The van der Waals surface area contributed by atoms with Gasteiger partial charge in [-0.3, -0.25) is 19.1 Å². The van der Waals surface area contributed by atoms with E-state index in [0.29, 0.717) is 82.2 Å². The molecule has 2 aromatic heterocycles. The summed E-state index contributed by atoms with van der Waals surface area (Å²) < 4.78 is 39.1. The minimum absolute atomic E-state index is 0.0595. The van der Waals surface area contributed by atoms with Gasteiger partial charge in [-0.05, 0) is 57.6 Å². The second kappa shape index (κ2) is 18.1. The van der Waals surface area contributed by atoms with E-state index in [1.54, 1.807) is 34.6 Å². The van der Waals surface area contributed by atoms with Gasteiger partial charge < -0.3 is 34.4 Å². The maximum Gasteiger partial charge on any atom is 0.291 e. The number of hydrogen-bond acceptors (Lipinski definition) is 8. The molecule has 0 radical (unpaired) electrons. The van der Waals surface area contributed by atoms with Crippen LogP contribution in [0.25, 0.3) is 22.4 Å². The lowest BCUT2D eigenvalue weighted by Gasteiger charge is -2.36. The number of piperazine rings is 1. The van der Waals surface area contributed by atoms with Crippen molar-refractivity contribution in [1.82, 2.24) is 34.0 Å². The Morgan fingerprint density at radius 1 is 1.02 bits per heavy atom. The van der Waals surface area contributed by atoms with Crippen LogP contribution in [0.5, 0.6) is 0 Å². The Morgan fingerprint density at radius 3 is 2.37 bits per heavy atom. The Kier molecular flexibility index (Phi) is 13.6. The average Bonchev–Trinajstić information content (AvgIpc) is 3.73. The molecule has 1 unspecified atom stereocenters. The van der Waals surface area contributed by atoms with Crippen molar-refractivity contribution < 1.29 is 33.0 Å². The topological polar surface area (TPSA) is 138 Å². The molecule has 0 aliphatic carbocycles. The van der Waals surface area contributed by atoms with Crippen LogP contribution >= 0.6 is 11.6 Å². The number of nitrogens with one attached hydrogen (secondary N) is 1. The van der Waals surface area contributed by atoms with E-state index in [0.717, 1.165) is 0 Å². The van der Waals surface area contributed by atoms with Gasteiger partial charge in [0.05, 0.1) is 48.4 Å². The number of hydrogen-bond donors (Lipinski definition) is 2. The summed E-state index contributed by atoms with van der Waals surface area (Å²) in [5.74, 6) is -3.16. The Balaban J connectivity index is 1.21. The Bertz CT molecular complexity index is 1980. The van der Waals surface area contributed by atoms with E-state index in [4.69, 9.17) is 21.4 Å². The second-order valence-electron chi connectivity index (χ2n) is 13.4. The molecule has 1 fully saturated rings. The monoisotopic (exact) mass is 768 g/mol. The number of halogens is 3. The predicted octanol–water partition coefficient (Wildman–Crippen LogP) is 4.71. The largest absolute Gasteiger partial charge is 0.395 e. The summed E-state index contributed by atoms with van der Waals surface area (Å²) >= 11 is 6.54. The molecule has 0 spiro atoms. The van der Waals surface area contributed by atoms with Crippen LogP contribution in [-0.2, 0) is 23.1 Å². The van der Waals surface area contributed by atoms with E-state index in [9.17, 15) is 14.4 Å². The van der Waals surface area contributed by atoms with E-state index >= 15 is 8.78 Å². The summed E-state index contributed by atoms with van der Waals surface area (Å²) in [6.45, 7) is 7.51. The van der Waals surface area contributed by atoms with Gasteiger partial charge in [-0.15, -0.1) is 0 Å². The van der Waals surface area contributed by atoms with Gasteiger partial charge in [0.25, 0.3) is 11.8 Å². The van der Waals surface area contributed by atoms with Gasteiger partial charge in [0.2, 0.25) is 5.91 Å². The Labute approximate surface area is 318 Å². The summed E-state index contributed by atoms with van der Waals surface area (Å²) in [5.41, 5.74) is 1.86. The van der Waals surface area contributed by atoms with Gasteiger partial charge in [-0.25, -0.2) is 13.8 Å². The number of likely N-dealkylation sites (N-methyl/N-ethyl adjacent to an activating group) is 1. The number of aromatic nitrogens is 4. The fourth-order valence-electron chi connectivity index (χ4n) is 6.61. The Hall–Kier alpha value is -4.70. The molecule has 0 bridgehead atoms. The van der Waals surface area contributed by atoms with E-state index < -0.39 is 17.5 Å². The molecule has 1 saturated heterocycles. The SMILES string of the molecule is CCC(CCN(C)CCO)C(=O)N1CCN(C(=O)c2ccc(NC(=O)c3ncc(-c4ccc(-c5cnn(CCOC)c5C)c(F)c4F)n3C)cc2Cl)CC1. The number of imidazole rings is 1. The van der Waals surface area contributed by atoms with Gasteiger partial charge in [0, 0.05) is 80.9 Å². The third-order valence-electron chi connectivity index (χ3n) is 9.97. The van der Waals surface area contributed by atoms with Crippen molar-refractivity contribution in [3.05, 3.63) is 76.5 Å². The molecule has 16 heteroatoms. The number of aliphatic hydroxyl groups excluding tert-OH is 1. The number of nitrogens with zero attached hydrogens (tertiary/aromatic N) is 7. The zero-order valence-electron chi connectivity index (χ0n) is 31.2. The predicted molar refractivity (Wildman–Crippen MR) is 201 cm³/mol. The molecule has 1 atom stereocenters. The van der Waals surface area contributed by atoms with E-state index in [2.05, 4.69) is 15.4 Å². The molecule has 2 aromatic carbocycles. The number of methoxy groups -OCH3 is 1. The molecule has 0 saturated carbocycles. The summed E-state index contributed by atoms with van der Waals surface area (Å²) in [7, 11) is 5.01. The third kappa shape index (κ3) is 8.81. The zero-order valence-corrected chi connectivity index (χ0v) is 32.0. The van der Waals surface area contributed by atoms with Crippen molar-refractivity contribution >= 4 is 35.0 Å². The molecule has 3 amide bonds. The van der Waals surface area contributed by atoms with E-state index in [1.807, 2.05) is 18.9 Å². The molecular weight excluding hydrogens is 722 g/mol. The summed E-state index contributed by atoms with van der Waals surface area (Å²) in [4.78, 5) is 49.5. The summed E-state index contributed by atoms with van der Waals surface area (Å²) in [5, 5.41) is 16.2. The van der Waals surface area contributed by atoms with Crippen molar-refractivity contribution in [2.45, 2.75) is 33.2 Å². The van der Waals surface area contributed by atoms with Crippen molar-refractivity contribution in [3.63, 3.8) is 0 Å². The molecule has 13 nitrogen and oxygen atoms in total. The molecule has 5 rings (SSSR count). The van der Waals surface area contributed by atoms with Gasteiger partial charge in [-0.1, -0.05) is 24.6 Å². The molecule has 290 valence electrons. The minimum atomic E-state index is -1.09.